The lowest BCUT2D eigenvalue weighted by atomic mass is 9.75. The summed E-state index contributed by atoms with van der Waals surface area (Å²) in [5, 5.41) is 18.2. The van der Waals surface area contributed by atoms with E-state index >= 15 is 0 Å². The highest BCUT2D eigenvalue weighted by Crippen LogP contribution is 2.37. The topological polar surface area (TPSA) is 50.1 Å². The van der Waals surface area contributed by atoms with E-state index in [2.05, 4.69) is 41.6 Å². The first kappa shape index (κ1) is 15.3. The maximum atomic E-state index is 10.6. The fourth-order valence-corrected chi connectivity index (χ4v) is 3.13. The highest BCUT2D eigenvalue weighted by Gasteiger charge is 2.32. The summed E-state index contributed by atoms with van der Waals surface area (Å²) >= 11 is 0. The number of aryl methyl sites for hydroxylation is 2. The van der Waals surface area contributed by atoms with Gasteiger partial charge in [0.2, 0.25) is 0 Å². The Morgan fingerprint density at radius 1 is 1.41 bits per heavy atom. The van der Waals surface area contributed by atoms with E-state index in [9.17, 15) is 5.11 Å². The Balaban J connectivity index is 1.50. The van der Waals surface area contributed by atoms with Gasteiger partial charge in [0.25, 0.3) is 0 Å². The number of nitrogens with one attached hydrogen (secondary N) is 1. The van der Waals surface area contributed by atoms with Crippen molar-refractivity contribution in [2.24, 2.45) is 7.05 Å². The molecule has 2 aromatic rings. The second-order valence-electron chi connectivity index (χ2n) is 6.84. The van der Waals surface area contributed by atoms with Crippen LogP contribution in [0.5, 0.6) is 0 Å². The standard InChI is InChI=1S/C18H25N3O/c1-13-5-4-6-14(7-13)15-8-17(9-15)19-12-18(2,22)16-10-20-21(3)11-16/h4-7,10-11,15,17,19,22H,8-9,12H2,1-3H3/t15?,17?,18-/m0/s1. The number of benzene rings is 1. The summed E-state index contributed by atoms with van der Waals surface area (Å²) < 4.78 is 1.72. The van der Waals surface area contributed by atoms with Gasteiger partial charge in [-0.3, -0.25) is 4.68 Å². The number of aliphatic hydroxyl groups is 1. The van der Waals surface area contributed by atoms with Crippen LogP contribution in [0.15, 0.2) is 36.7 Å². The molecule has 1 aromatic carbocycles. The van der Waals surface area contributed by atoms with Gasteiger partial charge in [-0.2, -0.15) is 5.10 Å². The van der Waals surface area contributed by atoms with Crippen molar-refractivity contribution in [3.63, 3.8) is 0 Å². The summed E-state index contributed by atoms with van der Waals surface area (Å²) in [5.74, 6) is 0.653. The molecular formula is C18H25N3O. The van der Waals surface area contributed by atoms with Gasteiger partial charge in [-0.1, -0.05) is 29.8 Å². The minimum Gasteiger partial charge on any atom is -0.384 e. The zero-order chi connectivity index (χ0) is 15.7. The predicted molar refractivity (Wildman–Crippen MR) is 87.7 cm³/mol. The Bertz CT molecular complexity index is 641. The minimum absolute atomic E-state index is 0.494. The summed E-state index contributed by atoms with van der Waals surface area (Å²) in [4.78, 5) is 0. The van der Waals surface area contributed by atoms with Gasteiger partial charge in [0.1, 0.15) is 5.60 Å². The first-order chi connectivity index (χ1) is 10.4. The van der Waals surface area contributed by atoms with Gasteiger partial charge < -0.3 is 10.4 Å². The van der Waals surface area contributed by atoms with Crippen LogP contribution in [-0.2, 0) is 12.6 Å². The molecule has 1 aliphatic rings. The molecule has 0 saturated heterocycles. The summed E-state index contributed by atoms with van der Waals surface area (Å²) in [6, 6.07) is 9.28. The highest BCUT2D eigenvalue weighted by atomic mass is 16.3. The van der Waals surface area contributed by atoms with E-state index in [1.54, 1.807) is 10.9 Å². The molecule has 0 bridgehead atoms. The monoisotopic (exact) mass is 299 g/mol. The van der Waals surface area contributed by atoms with Gasteiger partial charge in [0.15, 0.2) is 0 Å². The first-order valence-corrected chi connectivity index (χ1v) is 7.95. The van der Waals surface area contributed by atoms with Crippen molar-refractivity contribution in [1.29, 1.82) is 0 Å². The number of aromatic nitrogens is 2. The maximum absolute atomic E-state index is 10.6. The largest absolute Gasteiger partial charge is 0.384 e. The van der Waals surface area contributed by atoms with E-state index in [4.69, 9.17) is 0 Å². The molecule has 1 aromatic heterocycles. The summed E-state index contributed by atoms with van der Waals surface area (Å²) in [6.45, 7) is 4.54. The van der Waals surface area contributed by atoms with Crippen LogP contribution >= 0.6 is 0 Å². The van der Waals surface area contributed by atoms with Crippen LogP contribution in [0.25, 0.3) is 0 Å². The van der Waals surface area contributed by atoms with Crippen LogP contribution < -0.4 is 5.32 Å². The van der Waals surface area contributed by atoms with Crippen LogP contribution in [0.4, 0.5) is 0 Å². The van der Waals surface area contributed by atoms with Crippen molar-refractivity contribution in [1.82, 2.24) is 15.1 Å². The molecule has 0 spiro atoms. The van der Waals surface area contributed by atoms with Crippen LogP contribution in [0, 0.1) is 6.92 Å². The molecule has 4 heteroatoms. The van der Waals surface area contributed by atoms with E-state index in [0.29, 0.717) is 18.5 Å². The number of nitrogens with zero attached hydrogens (tertiary/aromatic N) is 2. The lowest BCUT2D eigenvalue weighted by Gasteiger charge is -2.38. The average molecular weight is 299 g/mol. The van der Waals surface area contributed by atoms with Crippen molar-refractivity contribution >= 4 is 0 Å². The third-order valence-corrected chi connectivity index (χ3v) is 4.71. The van der Waals surface area contributed by atoms with Crippen molar-refractivity contribution in [2.75, 3.05) is 6.54 Å². The zero-order valence-corrected chi connectivity index (χ0v) is 13.6. The Kier molecular flexibility index (Phi) is 4.06. The molecule has 1 fully saturated rings. The molecule has 1 heterocycles. The molecule has 1 aliphatic carbocycles. The predicted octanol–water partition coefficient (Wildman–Crippen LogP) is 2.47. The van der Waals surface area contributed by atoms with E-state index < -0.39 is 5.60 Å². The SMILES string of the molecule is Cc1cccc(C2CC(NC[C@](C)(O)c3cnn(C)c3)C2)c1. The number of hydrogen-bond donors (Lipinski definition) is 2. The summed E-state index contributed by atoms with van der Waals surface area (Å²) in [6.07, 6.45) is 5.90. The van der Waals surface area contributed by atoms with Gasteiger partial charge in [0.05, 0.1) is 6.20 Å². The number of rotatable bonds is 5. The average Bonchev–Trinajstić information content (AvgIpc) is 2.84. The fraction of sp³-hybridized carbons (Fsp3) is 0.500. The molecule has 2 N–H and O–H groups in total. The van der Waals surface area contributed by atoms with E-state index in [-0.39, 0.29) is 0 Å². The van der Waals surface area contributed by atoms with Gasteiger partial charge in [-0.15, -0.1) is 0 Å². The quantitative estimate of drug-likeness (QED) is 0.892. The van der Waals surface area contributed by atoms with Gasteiger partial charge in [-0.05, 0) is 38.2 Å². The maximum Gasteiger partial charge on any atom is 0.102 e. The van der Waals surface area contributed by atoms with Crippen LogP contribution in [0.3, 0.4) is 0 Å². The van der Waals surface area contributed by atoms with Crippen molar-refractivity contribution in [3.8, 4) is 0 Å². The first-order valence-electron chi connectivity index (χ1n) is 7.95. The van der Waals surface area contributed by atoms with Crippen LogP contribution in [-0.4, -0.2) is 27.5 Å². The smallest absolute Gasteiger partial charge is 0.102 e. The van der Waals surface area contributed by atoms with Crippen molar-refractivity contribution in [3.05, 3.63) is 53.3 Å². The lowest BCUT2D eigenvalue weighted by molar-refractivity contribution is 0.0489. The number of hydrogen-bond acceptors (Lipinski definition) is 3. The highest BCUT2D eigenvalue weighted by molar-refractivity contribution is 5.27. The fourth-order valence-electron chi connectivity index (χ4n) is 3.13. The molecule has 4 nitrogen and oxygen atoms in total. The second-order valence-corrected chi connectivity index (χ2v) is 6.84. The Labute approximate surface area is 132 Å². The molecule has 1 saturated carbocycles. The third kappa shape index (κ3) is 3.23. The zero-order valence-electron chi connectivity index (χ0n) is 13.6. The van der Waals surface area contributed by atoms with Gasteiger partial charge >= 0.3 is 0 Å². The van der Waals surface area contributed by atoms with Gasteiger partial charge in [-0.25, -0.2) is 0 Å². The van der Waals surface area contributed by atoms with E-state index in [1.807, 2.05) is 20.2 Å². The van der Waals surface area contributed by atoms with E-state index in [0.717, 1.165) is 18.4 Å². The molecule has 1 atom stereocenters. The molecule has 0 radical (unpaired) electrons. The second kappa shape index (κ2) is 5.86. The molecular weight excluding hydrogens is 274 g/mol. The Hall–Kier alpha value is -1.65. The molecule has 3 rings (SSSR count). The normalized spacial score (nSPS) is 23.8. The Morgan fingerprint density at radius 2 is 2.18 bits per heavy atom. The van der Waals surface area contributed by atoms with Gasteiger partial charge in [0, 0.05) is 31.4 Å². The molecule has 0 aliphatic heterocycles. The van der Waals surface area contributed by atoms with E-state index in [1.165, 1.54) is 11.1 Å². The molecule has 118 valence electrons. The van der Waals surface area contributed by atoms with Crippen molar-refractivity contribution < 1.29 is 5.11 Å². The summed E-state index contributed by atoms with van der Waals surface area (Å²) in [7, 11) is 1.87. The Morgan fingerprint density at radius 3 is 2.82 bits per heavy atom. The van der Waals surface area contributed by atoms with Crippen LogP contribution in [0.1, 0.15) is 42.4 Å². The minimum atomic E-state index is -0.872. The summed E-state index contributed by atoms with van der Waals surface area (Å²) in [5.41, 5.74) is 2.76. The molecule has 0 amide bonds. The molecule has 22 heavy (non-hydrogen) atoms. The van der Waals surface area contributed by atoms with Crippen molar-refractivity contribution in [2.45, 2.75) is 44.2 Å². The lowest BCUT2D eigenvalue weighted by Crippen LogP contribution is -2.46. The van der Waals surface area contributed by atoms with Crippen LogP contribution in [0.2, 0.25) is 0 Å². The molecule has 0 unspecified atom stereocenters. The third-order valence-electron chi connectivity index (χ3n) is 4.71.